The van der Waals surface area contributed by atoms with Gasteiger partial charge in [-0.25, -0.2) is 13.8 Å². The average molecular weight is 530 g/mol. The zero-order valence-electron chi connectivity index (χ0n) is 19.6. The van der Waals surface area contributed by atoms with E-state index in [-0.39, 0.29) is 23.8 Å². The van der Waals surface area contributed by atoms with E-state index in [2.05, 4.69) is 23.7 Å². The third kappa shape index (κ3) is 7.53. The van der Waals surface area contributed by atoms with Crippen molar-refractivity contribution >= 4 is 56.8 Å². The molecule has 0 N–H and O–H groups in total. The van der Waals surface area contributed by atoms with Crippen molar-refractivity contribution in [3.8, 4) is 5.75 Å². The predicted molar refractivity (Wildman–Crippen MR) is 140 cm³/mol. The maximum atomic E-state index is 14.2. The molecule has 0 saturated heterocycles. The van der Waals surface area contributed by atoms with Crippen LogP contribution in [0.15, 0.2) is 41.3 Å². The number of nitrogens with zero attached hydrogens (tertiary/aromatic N) is 3. The first kappa shape index (κ1) is 28.3. The Morgan fingerprint density at radius 1 is 1.12 bits per heavy atom. The fourth-order valence-corrected chi connectivity index (χ4v) is 5.29. The minimum Gasteiger partial charge on any atom is -0.497 e. The van der Waals surface area contributed by atoms with Crippen LogP contribution in [-0.2, 0) is 4.79 Å². The van der Waals surface area contributed by atoms with Crippen LogP contribution in [-0.4, -0.2) is 54.8 Å². The van der Waals surface area contributed by atoms with Gasteiger partial charge < -0.3 is 9.64 Å². The topological polar surface area (TPSA) is 45.7 Å². The number of anilines is 1. The number of amides is 1. The molecule has 1 heterocycles. The van der Waals surface area contributed by atoms with Gasteiger partial charge >= 0.3 is 0 Å². The summed E-state index contributed by atoms with van der Waals surface area (Å²) in [5.41, 5.74) is 0.104. The highest BCUT2D eigenvalue weighted by Crippen LogP contribution is 2.32. The van der Waals surface area contributed by atoms with Crippen LogP contribution in [0.25, 0.3) is 10.2 Å². The van der Waals surface area contributed by atoms with E-state index in [9.17, 15) is 13.6 Å². The fraction of sp³-hybridized carbons (Fsp3) is 0.417. The van der Waals surface area contributed by atoms with Crippen LogP contribution in [0.4, 0.5) is 13.9 Å². The zero-order valence-corrected chi connectivity index (χ0v) is 22.0. The van der Waals surface area contributed by atoms with Gasteiger partial charge in [0.2, 0.25) is 5.91 Å². The standard InChI is InChI=1S/C24H29F2N3O2S2.ClH/c1-4-28(5-2)12-13-29(24-27-23-20(26)15-17(25)16-21(23)33-24)22(30)7-6-14-32-19-10-8-18(31-3)9-11-19;/h8-11,15-16H,4-7,12-14H2,1-3H3;1H. The normalized spacial score (nSPS) is 11.0. The Hall–Kier alpha value is -1.94. The molecule has 0 fully saturated rings. The number of fused-ring (bicyclic) bond motifs is 1. The van der Waals surface area contributed by atoms with E-state index in [1.807, 2.05) is 24.3 Å². The number of carbonyl (C=O) groups is 1. The van der Waals surface area contributed by atoms with Crippen LogP contribution in [0, 0.1) is 11.6 Å². The van der Waals surface area contributed by atoms with Crippen LogP contribution < -0.4 is 9.64 Å². The SMILES string of the molecule is CCN(CC)CCN(C(=O)CCCSc1ccc(OC)cc1)c1nc2c(F)cc(F)cc2s1.Cl. The zero-order chi connectivity index (χ0) is 23.8. The highest BCUT2D eigenvalue weighted by Gasteiger charge is 2.21. The molecule has 0 atom stereocenters. The van der Waals surface area contributed by atoms with Crippen molar-refractivity contribution in [2.75, 3.05) is 43.9 Å². The summed E-state index contributed by atoms with van der Waals surface area (Å²) < 4.78 is 33.4. The molecule has 3 rings (SSSR count). The number of carbonyl (C=O) groups excluding carboxylic acids is 1. The third-order valence-corrected chi connectivity index (χ3v) is 7.45. The van der Waals surface area contributed by atoms with Crippen molar-refractivity contribution in [1.82, 2.24) is 9.88 Å². The van der Waals surface area contributed by atoms with Gasteiger partial charge in [0.15, 0.2) is 10.9 Å². The van der Waals surface area contributed by atoms with Gasteiger partial charge in [-0.1, -0.05) is 25.2 Å². The average Bonchev–Trinajstić information content (AvgIpc) is 3.24. The molecule has 0 spiro atoms. The number of methoxy groups -OCH3 is 1. The Balaban J connectivity index is 0.00000408. The van der Waals surface area contributed by atoms with Gasteiger partial charge in [0, 0.05) is 30.5 Å². The number of ether oxygens (including phenoxy) is 1. The molecule has 5 nitrogen and oxygen atoms in total. The number of aromatic nitrogens is 1. The smallest absolute Gasteiger partial charge is 0.228 e. The first-order chi connectivity index (χ1) is 15.9. The largest absolute Gasteiger partial charge is 0.497 e. The molecule has 186 valence electrons. The van der Waals surface area contributed by atoms with Crippen molar-refractivity contribution in [3.05, 3.63) is 48.0 Å². The number of halogens is 3. The Bertz CT molecular complexity index is 1060. The second-order valence-corrected chi connectivity index (χ2v) is 9.61. The first-order valence-electron chi connectivity index (χ1n) is 11.0. The molecule has 0 unspecified atom stereocenters. The van der Waals surface area contributed by atoms with Crippen LogP contribution in [0.3, 0.4) is 0 Å². The van der Waals surface area contributed by atoms with E-state index in [1.54, 1.807) is 23.8 Å². The Labute approximate surface area is 213 Å². The van der Waals surface area contributed by atoms with Crippen molar-refractivity contribution in [3.63, 3.8) is 0 Å². The van der Waals surface area contributed by atoms with E-state index < -0.39 is 11.6 Å². The van der Waals surface area contributed by atoms with Gasteiger partial charge in [-0.3, -0.25) is 9.69 Å². The molecule has 0 aliphatic rings. The predicted octanol–water partition coefficient (Wildman–Crippen LogP) is 6.25. The maximum Gasteiger partial charge on any atom is 0.228 e. The molecule has 10 heteroatoms. The fourth-order valence-electron chi connectivity index (χ4n) is 3.39. The van der Waals surface area contributed by atoms with Gasteiger partial charge in [-0.2, -0.15) is 0 Å². The van der Waals surface area contributed by atoms with E-state index in [0.717, 1.165) is 46.9 Å². The maximum absolute atomic E-state index is 14.2. The minimum atomic E-state index is -0.709. The van der Waals surface area contributed by atoms with Crippen molar-refractivity contribution in [2.45, 2.75) is 31.6 Å². The lowest BCUT2D eigenvalue weighted by Gasteiger charge is -2.24. The van der Waals surface area contributed by atoms with Gasteiger partial charge in [0.05, 0.1) is 11.8 Å². The quantitative estimate of drug-likeness (QED) is 0.205. The van der Waals surface area contributed by atoms with Crippen LogP contribution >= 0.6 is 35.5 Å². The summed E-state index contributed by atoms with van der Waals surface area (Å²) in [5.74, 6) is 0.191. The lowest BCUT2D eigenvalue weighted by Crippen LogP contribution is -2.38. The Morgan fingerprint density at radius 3 is 2.47 bits per heavy atom. The van der Waals surface area contributed by atoms with Gasteiger partial charge in [-0.15, -0.1) is 24.2 Å². The summed E-state index contributed by atoms with van der Waals surface area (Å²) in [7, 11) is 1.63. The second-order valence-electron chi connectivity index (χ2n) is 7.43. The number of thioether (sulfide) groups is 1. The molecular weight excluding hydrogens is 500 g/mol. The third-order valence-electron chi connectivity index (χ3n) is 5.33. The molecule has 0 aliphatic heterocycles. The lowest BCUT2D eigenvalue weighted by atomic mass is 10.3. The molecule has 0 aliphatic carbocycles. The molecule has 3 aromatic rings. The molecule has 1 amide bonds. The molecule has 0 radical (unpaired) electrons. The van der Waals surface area contributed by atoms with E-state index in [1.165, 1.54) is 6.07 Å². The number of likely N-dealkylation sites (N-methyl/N-ethyl adjacent to an activating group) is 1. The Kier molecular flexibility index (Phi) is 11.5. The Morgan fingerprint density at radius 2 is 1.82 bits per heavy atom. The lowest BCUT2D eigenvalue weighted by molar-refractivity contribution is -0.118. The van der Waals surface area contributed by atoms with E-state index in [0.29, 0.717) is 35.8 Å². The summed E-state index contributed by atoms with van der Waals surface area (Å²) in [6, 6.07) is 9.91. The second kappa shape index (κ2) is 13.8. The number of benzene rings is 2. The molecule has 1 aromatic heterocycles. The van der Waals surface area contributed by atoms with Gasteiger partial charge in [0.25, 0.3) is 0 Å². The summed E-state index contributed by atoms with van der Waals surface area (Å²) in [4.78, 5) is 22.4. The highest BCUT2D eigenvalue weighted by molar-refractivity contribution is 7.99. The summed E-state index contributed by atoms with van der Waals surface area (Å²) >= 11 is 2.83. The number of rotatable bonds is 12. The summed E-state index contributed by atoms with van der Waals surface area (Å²) in [5, 5.41) is 0.412. The minimum absolute atomic E-state index is 0. The summed E-state index contributed by atoms with van der Waals surface area (Å²) in [6.45, 7) is 7.03. The van der Waals surface area contributed by atoms with E-state index >= 15 is 0 Å². The van der Waals surface area contributed by atoms with Crippen LogP contribution in [0.2, 0.25) is 0 Å². The molecular formula is C24H30ClF2N3O2S2. The van der Waals surface area contributed by atoms with Crippen molar-refractivity contribution in [1.29, 1.82) is 0 Å². The summed E-state index contributed by atoms with van der Waals surface area (Å²) in [6.07, 6.45) is 1.05. The first-order valence-corrected chi connectivity index (χ1v) is 12.8. The molecule has 34 heavy (non-hydrogen) atoms. The van der Waals surface area contributed by atoms with Gasteiger partial charge in [0.1, 0.15) is 17.1 Å². The van der Waals surface area contributed by atoms with Crippen molar-refractivity contribution in [2.24, 2.45) is 0 Å². The monoisotopic (exact) mass is 529 g/mol. The molecule has 2 aromatic carbocycles. The highest BCUT2D eigenvalue weighted by atomic mass is 35.5. The van der Waals surface area contributed by atoms with Gasteiger partial charge in [-0.05, 0) is 55.6 Å². The van der Waals surface area contributed by atoms with Crippen LogP contribution in [0.5, 0.6) is 5.75 Å². The van der Waals surface area contributed by atoms with Crippen molar-refractivity contribution < 1.29 is 18.3 Å². The number of hydrogen-bond acceptors (Lipinski definition) is 6. The van der Waals surface area contributed by atoms with Crippen LogP contribution in [0.1, 0.15) is 26.7 Å². The molecule has 0 bridgehead atoms. The number of hydrogen-bond donors (Lipinski definition) is 0. The number of thiazole rings is 1. The molecule has 0 saturated carbocycles. The van der Waals surface area contributed by atoms with E-state index in [4.69, 9.17) is 4.74 Å².